The molecule has 0 spiro atoms. The van der Waals surface area contributed by atoms with Crippen molar-refractivity contribution in [3.05, 3.63) is 28.2 Å². The Labute approximate surface area is 109 Å². The van der Waals surface area contributed by atoms with Gasteiger partial charge < -0.3 is 9.64 Å². The molecule has 0 aromatic heterocycles. The summed E-state index contributed by atoms with van der Waals surface area (Å²) < 4.78 is 5.83. The summed E-state index contributed by atoms with van der Waals surface area (Å²) in [7, 11) is 3.25. The Balaban J connectivity index is 2.83. The topological polar surface area (TPSA) is 53.3 Å². The van der Waals surface area contributed by atoms with Gasteiger partial charge in [0.25, 0.3) is 5.91 Å². The van der Waals surface area contributed by atoms with Gasteiger partial charge in [-0.3, -0.25) is 4.79 Å². The Kier molecular flexibility index (Phi) is 4.98. The summed E-state index contributed by atoms with van der Waals surface area (Å²) in [5.74, 6) is 0.574. The number of hydrogen-bond acceptors (Lipinski definition) is 3. The third-order valence-electron chi connectivity index (χ3n) is 2.30. The van der Waals surface area contributed by atoms with Gasteiger partial charge in [0, 0.05) is 19.2 Å². The van der Waals surface area contributed by atoms with Crippen LogP contribution in [0.25, 0.3) is 0 Å². The third-order valence-corrected chi connectivity index (χ3v) is 2.92. The van der Waals surface area contributed by atoms with Gasteiger partial charge in [0.05, 0.1) is 24.1 Å². The van der Waals surface area contributed by atoms with Crippen LogP contribution >= 0.6 is 15.9 Å². The van der Waals surface area contributed by atoms with Crippen LogP contribution in [0.4, 0.5) is 0 Å². The SMILES string of the molecule is COc1ccc(C(=O)N(C)CCC#N)cc1Br. The summed E-state index contributed by atoms with van der Waals surface area (Å²) in [5, 5.41) is 8.47. The molecule has 0 atom stereocenters. The second-order valence-electron chi connectivity index (χ2n) is 3.48. The van der Waals surface area contributed by atoms with Gasteiger partial charge in [0.1, 0.15) is 5.75 Å². The predicted molar refractivity (Wildman–Crippen MR) is 67.9 cm³/mol. The van der Waals surface area contributed by atoms with Crippen molar-refractivity contribution in [3.8, 4) is 11.8 Å². The van der Waals surface area contributed by atoms with E-state index in [1.165, 1.54) is 4.90 Å². The maximum Gasteiger partial charge on any atom is 0.253 e. The van der Waals surface area contributed by atoms with Crippen molar-refractivity contribution in [1.29, 1.82) is 5.26 Å². The maximum absolute atomic E-state index is 12.0. The van der Waals surface area contributed by atoms with Crippen LogP contribution in [0.1, 0.15) is 16.8 Å². The van der Waals surface area contributed by atoms with E-state index in [4.69, 9.17) is 10.00 Å². The van der Waals surface area contributed by atoms with Crippen molar-refractivity contribution in [3.63, 3.8) is 0 Å². The third kappa shape index (κ3) is 3.46. The minimum atomic E-state index is -0.108. The van der Waals surface area contributed by atoms with Gasteiger partial charge in [-0.1, -0.05) is 0 Å². The van der Waals surface area contributed by atoms with E-state index in [1.807, 2.05) is 6.07 Å². The first-order valence-corrected chi connectivity index (χ1v) is 5.85. The zero-order valence-corrected chi connectivity index (χ0v) is 11.3. The Bertz CT molecular complexity index is 454. The Hall–Kier alpha value is -1.54. The van der Waals surface area contributed by atoms with Gasteiger partial charge in [-0.05, 0) is 34.1 Å². The van der Waals surface area contributed by atoms with E-state index in [2.05, 4.69) is 15.9 Å². The minimum Gasteiger partial charge on any atom is -0.496 e. The molecule has 1 aromatic rings. The van der Waals surface area contributed by atoms with Gasteiger partial charge >= 0.3 is 0 Å². The summed E-state index contributed by atoms with van der Waals surface area (Å²) in [6, 6.07) is 7.16. The lowest BCUT2D eigenvalue weighted by molar-refractivity contribution is 0.0798. The molecule has 5 heteroatoms. The Morgan fingerprint density at radius 3 is 2.82 bits per heavy atom. The molecule has 0 saturated carbocycles. The zero-order valence-electron chi connectivity index (χ0n) is 9.74. The van der Waals surface area contributed by atoms with Crippen molar-refractivity contribution in [1.82, 2.24) is 4.90 Å². The molecule has 1 amide bonds. The molecule has 4 nitrogen and oxygen atoms in total. The van der Waals surface area contributed by atoms with Gasteiger partial charge in [-0.2, -0.15) is 5.26 Å². The van der Waals surface area contributed by atoms with Gasteiger partial charge in [0.15, 0.2) is 0 Å². The average Bonchev–Trinajstić information content (AvgIpc) is 2.34. The predicted octanol–water partition coefficient (Wildman–Crippen LogP) is 2.44. The van der Waals surface area contributed by atoms with Gasteiger partial charge in [-0.25, -0.2) is 0 Å². The molecule has 0 fully saturated rings. The largest absolute Gasteiger partial charge is 0.496 e. The minimum absolute atomic E-state index is 0.108. The van der Waals surface area contributed by atoms with Crippen LogP contribution in [0.3, 0.4) is 0 Å². The van der Waals surface area contributed by atoms with E-state index < -0.39 is 0 Å². The second-order valence-corrected chi connectivity index (χ2v) is 4.34. The maximum atomic E-state index is 12.0. The summed E-state index contributed by atoms with van der Waals surface area (Å²) in [6.45, 7) is 0.430. The van der Waals surface area contributed by atoms with Gasteiger partial charge in [0.2, 0.25) is 0 Å². The molecule has 0 saturated heterocycles. The monoisotopic (exact) mass is 296 g/mol. The van der Waals surface area contributed by atoms with E-state index in [0.717, 1.165) is 4.47 Å². The number of nitriles is 1. The van der Waals surface area contributed by atoms with E-state index in [9.17, 15) is 4.79 Å². The number of methoxy groups -OCH3 is 1. The van der Waals surface area contributed by atoms with Crippen LogP contribution in [-0.2, 0) is 0 Å². The molecular weight excluding hydrogens is 284 g/mol. The molecule has 0 unspecified atom stereocenters. The van der Waals surface area contributed by atoms with Crippen molar-refractivity contribution in [2.24, 2.45) is 0 Å². The number of ether oxygens (including phenoxy) is 1. The number of halogens is 1. The summed E-state index contributed by atoms with van der Waals surface area (Å²) >= 11 is 3.33. The molecule has 0 radical (unpaired) electrons. The highest BCUT2D eigenvalue weighted by Crippen LogP contribution is 2.25. The number of hydrogen-bond donors (Lipinski definition) is 0. The van der Waals surface area contributed by atoms with Crippen LogP contribution in [-0.4, -0.2) is 31.5 Å². The quantitative estimate of drug-likeness (QED) is 0.857. The number of rotatable bonds is 4. The summed E-state index contributed by atoms with van der Waals surface area (Å²) in [4.78, 5) is 13.5. The first-order chi connectivity index (χ1) is 8.10. The van der Waals surface area contributed by atoms with E-state index in [0.29, 0.717) is 24.3 Å². The molecule has 0 aliphatic heterocycles. The van der Waals surface area contributed by atoms with Crippen molar-refractivity contribution in [2.75, 3.05) is 20.7 Å². The van der Waals surface area contributed by atoms with Crippen molar-refractivity contribution < 1.29 is 9.53 Å². The molecular formula is C12H13BrN2O2. The summed E-state index contributed by atoms with van der Waals surface area (Å²) in [5.41, 5.74) is 0.568. The zero-order chi connectivity index (χ0) is 12.8. The fourth-order valence-electron chi connectivity index (χ4n) is 1.34. The summed E-state index contributed by atoms with van der Waals surface area (Å²) in [6.07, 6.45) is 0.333. The van der Waals surface area contributed by atoms with Crippen LogP contribution in [0.5, 0.6) is 5.75 Å². The Morgan fingerprint density at radius 1 is 1.59 bits per heavy atom. The molecule has 0 bridgehead atoms. The number of nitrogens with zero attached hydrogens (tertiary/aromatic N) is 2. The smallest absolute Gasteiger partial charge is 0.253 e. The van der Waals surface area contributed by atoms with Crippen molar-refractivity contribution >= 4 is 21.8 Å². The molecule has 0 aliphatic rings. The fourth-order valence-corrected chi connectivity index (χ4v) is 1.88. The number of benzene rings is 1. The highest BCUT2D eigenvalue weighted by molar-refractivity contribution is 9.10. The lowest BCUT2D eigenvalue weighted by Gasteiger charge is -2.16. The van der Waals surface area contributed by atoms with E-state index in [1.54, 1.807) is 32.4 Å². The molecule has 0 heterocycles. The first kappa shape index (κ1) is 13.5. The first-order valence-electron chi connectivity index (χ1n) is 5.06. The standard InChI is InChI=1S/C12H13BrN2O2/c1-15(7-3-6-14)12(16)9-4-5-11(17-2)10(13)8-9/h4-5,8H,3,7H2,1-2H3. The van der Waals surface area contributed by atoms with Crippen LogP contribution in [0.2, 0.25) is 0 Å². The number of carbonyl (C=O) groups excluding carboxylic acids is 1. The molecule has 17 heavy (non-hydrogen) atoms. The highest BCUT2D eigenvalue weighted by Gasteiger charge is 2.12. The van der Waals surface area contributed by atoms with Crippen LogP contribution in [0.15, 0.2) is 22.7 Å². The van der Waals surface area contributed by atoms with Crippen molar-refractivity contribution in [2.45, 2.75) is 6.42 Å². The molecule has 0 aliphatic carbocycles. The second kappa shape index (κ2) is 6.26. The van der Waals surface area contributed by atoms with Gasteiger partial charge in [-0.15, -0.1) is 0 Å². The number of carbonyl (C=O) groups is 1. The molecule has 90 valence electrons. The molecule has 1 rings (SSSR count). The Morgan fingerprint density at radius 2 is 2.29 bits per heavy atom. The van der Waals surface area contributed by atoms with E-state index in [-0.39, 0.29) is 5.91 Å². The average molecular weight is 297 g/mol. The van der Waals surface area contributed by atoms with E-state index >= 15 is 0 Å². The fraction of sp³-hybridized carbons (Fsp3) is 0.333. The molecule has 1 aromatic carbocycles. The lowest BCUT2D eigenvalue weighted by Crippen LogP contribution is -2.27. The van der Waals surface area contributed by atoms with Crippen LogP contribution < -0.4 is 4.74 Å². The highest BCUT2D eigenvalue weighted by atomic mass is 79.9. The number of amides is 1. The molecule has 0 N–H and O–H groups in total. The van der Waals surface area contributed by atoms with Crippen LogP contribution in [0, 0.1) is 11.3 Å². The normalized spacial score (nSPS) is 9.53. The lowest BCUT2D eigenvalue weighted by atomic mass is 10.2.